The molecule has 0 radical (unpaired) electrons. The lowest BCUT2D eigenvalue weighted by Gasteiger charge is -2.08. The topological polar surface area (TPSA) is 93.2 Å². The number of para-hydroxylation sites is 1. The minimum Gasteiger partial charge on any atom is -0.293 e. The van der Waals surface area contributed by atoms with Gasteiger partial charge < -0.3 is 0 Å². The third-order valence-electron chi connectivity index (χ3n) is 2.68. The van der Waals surface area contributed by atoms with Crippen LogP contribution in [0.2, 0.25) is 0 Å². The van der Waals surface area contributed by atoms with Crippen LogP contribution in [-0.4, -0.2) is 22.6 Å². The van der Waals surface area contributed by atoms with E-state index < -0.39 is 11.2 Å². The third-order valence-corrected chi connectivity index (χ3v) is 2.68. The summed E-state index contributed by atoms with van der Waals surface area (Å²) in [5.41, 5.74) is 1.70. The van der Waals surface area contributed by atoms with Crippen molar-refractivity contribution in [3.05, 3.63) is 45.1 Å². The fourth-order valence-electron chi connectivity index (χ4n) is 1.84. The van der Waals surface area contributed by atoms with E-state index in [9.17, 15) is 14.4 Å². The number of hydroxylamine groups is 1. The largest absolute Gasteiger partial charge is 0.328 e. The number of aryl methyl sites for hydroxylation is 1. The molecule has 2 N–H and O–H groups in total. The van der Waals surface area contributed by atoms with Gasteiger partial charge in [0.05, 0.1) is 18.0 Å². The van der Waals surface area contributed by atoms with E-state index in [0.29, 0.717) is 10.9 Å². The van der Waals surface area contributed by atoms with E-state index >= 15 is 0 Å². The molecule has 1 aromatic heterocycles. The molecule has 0 unspecified atom stereocenters. The van der Waals surface area contributed by atoms with Gasteiger partial charge in [0.1, 0.15) is 0 Å². The Labute approximate surface area is 107 Å². The Hall–Kier alpha value is -2.41. The second kappa shape index (κ2) is 5.49. The van der Waals surface area contributed by atoms with Crippen molar-refractivity contribution in [3.8, 4) is 0 Å². The van der Waals surface area contributed by atoms with Gasteiger partial charge in [0.25, 0.3) is 5.56 Å². The van der Waals surface area contributed by atoms with Gasteiger partial charge in [-0.2, -0.15) is 0 Å². The van der Waals surface area contributed by atoms with E-state index in [0.717, 1.165) is 0 Å². The number of benzene rings is 1. The zero-order valence-corrected chi connectivity index (χ0v) is 10.3. The number of aromatic amines is 1. The van der Waals surface area contributed by atoms with Gasteiger partial charge in [0.15, 0.2) is 0 Å². The van der Waals surface area contributed by atoms with Crippen LogP contribution < -0.4 is 16.7 Å². The third kappa shape index (κ3) is 2.71. The van der Waals surface area contributed by atoms with Crippen LogP contribution in [0.5, 0.6) is 0 Å². The fourth-order valence-corrected chi connectivity index (χ4v) is 1.84. The molecule has 2 rings (SSSR count). The Balaban J connectivity index is 2.40. The predicted molar refractivity (Wildman–Crippen MR) is 68.6 cm³/mol. The molecular weight excluding hydrogens is 250 g/mol. The molecule has 1 aromatic carbocycles. The molecule has 0 aliphatic rings. The van der Waals surface area contributed by atoms with E-state index in [1.807, 2.05) is 0 Å². The second-order valence-electron chi connectivity index (χ2n) is 3.91. The van der Waals surface area contributed by atoms with Crippen molar-refractivity contribution in [1.29, 1.82) is 0 Å². The van der Waals surface area contributed by atoms with Gasteiger partial charge in [-0.3, -0.25) is 24.0 Å². The highest BCUT2D eigenvalue weighted by molar-refractivity contribution is 5.78. The molecule has 0 aliphatic carbocycles. The summed E-state index contributed by atoms with van der Waals surface area (Å²) in [6.07, 6.45) is 0.0732. The first-order chi connectivity index (χ1) is 9.13. The maximum absolute atomic E-state index is 11.8. The summed E-state index contributed by atoms with van der Waals surface area (Å²) < 4.78 is 1.35. The van der Waals surface area contributed by atoms with Gasteiger partial charge in [-0.05, 0) is 12.1 Å². The highest BCUT2D eigenvalue weighted by Crippen LogP contribution is 2.06. The van der Waals surface area contributed by atoms with Gasteiger partial charge >= 0.3 is 5.69 Å². The van der Waals surface area contributed by atoms with Gasteiger partial charge in [-0.15, -0.1) is 0 Å². The number of hydrogen-bond acceptors (Lipinski definition) is 4. The number of fused-ring (bicyclic) bond motifs is 1. The summed E-state index contributed by atoms with van der Waals surface area (Å²) in [5, 5.41) is 0.411. The van der Waals surface area contributed by atoms with Crippen molar-refractivity contribution < 1.29 is 9.63 Å². The summed E-state index contributed by atoms with van der Waals surface area (Å²) in [5.74, 6) is -0.343. The normalized spacial score (nSPS) is 10.6. The smallest absolute Gasteiger partial charge is 0.293 e. The van der Waals surface area contributed by atoms with Crippen LogP contribution in [0.3, 0.4) is 0 Å². The van der Waals surface area contributed by atoms with Crippen LogP contribution in [0.4, 0.5) is 0 Å². The number of nitrogens with zero attached hydrogens (tertiary/aromatic N) is 1. The van der Waals surface area contributed by atoms with Crippen LogP contribution in [0.25, 0.3) is 10.9 Å². The summed E-state index contributed by atoms with van der Waals surface area (Å²) in [6, 6.07) is 6.73. The Kier molecular flexibility index (Phi) is 3.76. The van der Waals surface area contributed by atoms with Crippen molar-refractivity contribution in [2.45, 2.75) is 13.0 Å². The van der Waals surface area contributed by atoms with Crippen LogP contribution in [-0.2, 0) is 16.2 Å². The summed E-state index contributed by atoms with van der Waals surface area (Å²) in [4.78, 5) is 41.4. The van der Waals surface area contributed by atoms with Crippen molar-refractivity contribution in [3.63, 3.8) is 0 Å². The number of nitrogens with one attached hydrogen (secondary N) is 2. The lowest BCUT2D eigenvalue weighted by Crippen LogP contribution is -2.32. The molecule has 1 amide bonds. The maximum atomic E-state index is 11.8. The highest BCUT2D eigenvalue weighted by atomic mass is 16.6. The van der Waals surface area contributed by atoms with E-state index in [4.69, 9.17) is 0 Å². The average Bonchev–Trinajstić information content (AvgIpc) is 2.39. The van der Waals surface area contributed by atoms with Gasteiger partial charge in [0.2, 0.25) is 5.91 Å². The molecule has 0 atom stereocenters. The average molecular weight is 263 g/mol. The van der Waals surface area contributed by atoms with Crippen LogP contribution in [0.1, 0.15) is 6.42 Å². The standard InChI is InChI=1S/C12H13N3O4/c1-19-14-10(16)6-7-15-9-5-3-2-4-8(9)11(17)13-12(15)18/h2-5H,6-7H2,1H3,(H,14,16)(H,13,17,18). The van der Waals surface area contributed by atoms with Crippen molar-refractivity contribution in [2.75, 3.05) is 7.11 Å². The molecule has 100 valence electrons. The van der Waals surface area contributed by atoms with Crippen LogP contribution in [0, 0.1) is 0 Å². The Morgan fingerprint density at radius 2 is 2.11 bits per heavy atom. The molecule has 19 heavy (non-hydrogen) atoms. The first-order valence-corrected chi connectivity index (χ1v) is 5.67. The molecule has 0 aliphatic heterocycles. The molecule has 7 nitrogen and oxygen atoms in total. The maximum Gasteiger partial charge on any atom is 0.328 e. The quantitative estimate of drug-likeness (QED) is 0.744. The van der Waals surface area contributed by atoms with Gasteiger partial charge in [0, 0.05) is 13.0 Å². The number of carbonyl (C=O) groups is 1. The summed E-state index contributed by atoms with van der Waals surface area (Å²) >= 11 is 0. The first-order valence-electron chi connectivity index (χ1n) is 5.67. The molecule has 0 bridgehead atoms. The van der Waals surface area contributed by atoms with Crippen LogP contribution >= 0.6 is 0 Å². The molecular formula is C12H13N3O4. The molecule has 0 saturated carbocycles. The lowest BCUT2D eigenvalue weighted by molar-refractivity contribution is -0.131. The van der Waals surface area contributed by atoms with E-state index in [2.05, 4.69) is 15.3 Å². The first kappa shape index (κ1) is 13.0. The summed E-state index contributed by atoms with van der Waals surface area (Å²) in [6.45, 7) is 0.158. The van der Waals surface area contributed by atoms with E-state index in [1.165, 1.54) is 11.7 Å². The SMILES string of the molecule is CONC(=O)CCn1c(=O)[nH]c(=O)c2ccccc21. The minimum absolute atomic E-state index is 0.0732. The molecule has 0 spiro atoms. The number of rotatable bonds is 4. The Bertz CT molecular complexity index is 717. The second-order valence-corrected chi connectivity index (χ2v) is 3.91. The number of H-pyrrole nitrogens is 1. The van der Waals surface area contributed by atoms with Crippen LogP contribution in [0.15, 0.2) is 33.9 Å². The number of hydrogen-bond donors (Lipinski definition) is 2. The molecule has 0 saturated heterocycles. The molecule has 1 heterocycles. The molecule has 0 fully saturated rings. The number of amides is 1. The van der Waals surface area contributed by atoms with Gasteiger partial charge in [-0.1, -0.05) is 12.1 Å². The monoisotopic (exact) mass is 263 g/mol. The van der Waals surface area contributed by atoms with Crippen molar-refractivity contribution in [1.82, 2.24) is 15.0 Å². The molecule has 2 aromatic rings. The highest BCUT2D eigenvalue weighted by Gasteiger charge is 2.08. The fraction of sp³-hybridized carbons (Fsp3) is 0.250. The Morgan fingerprint density at radius 1 is 1.37 bits per heavy atom. The lowest BCUT2D eigenvalue weighted by atomic mass is 10.2. The van der Waals surface area contributed by atoms with E-state index in [-0.39, 0.29) is 18.9 Å². The minimum atomic E-state index is -0.533. The Morgan fingerprint density at radius 3 is 2.84 bits per heavy atom. The summed E-state index contributed by atoms with van der Waals surface area (Å²) in [7, 11) is 1.33. The predicted octanol–water partition coefficient (Wildman–Crippen LogP) is -0.242. The van der Waals surface area contributed by atoms with Crippen molar-refractivity contribution >= 4 is 16.8 Å². The van der Waals surface area contributed by atoms with Crippen molar-refractivity contribution in [2.24, 2.45) is 0 Å². The number of carbonyl (C=O) groups excluding carboxylic acids is 1. The number of aromatic nitrogens is 2. The van der Waals surface area contributed by atoms with E-state index in [1.54, 1.807) is 24.3 Å². The van der Waals surface area contributed by atoms with Gasteiger partial charge in [-0.25, -0.2) is 10.3 Å². The molecule has 7 heteroatoms. The zero-order chi connectivity index (χ0) is 13.8. The zero-order valence-electron chi connectivity index (χ0n) is 10.3.